The van der Waals surface area contributed by atoms with Crippen LogP contribution in [-0.4, -0.2) is 16.8 Å². The highest BCUT2D eigenvalue weighted by Gasteiger charge is 2.06. The SMILES string of the molecule is CC(C)N(P[O-])C(C)C. The van der Waals surface area contributed by atoms with Crippen LogP contribution in [0.15, 0.2) is 0 Å². The van der Waals surface area contributed by atoms with Gasteiger partial charge in [0.2, 0.25) is 0 Å². The number of hydrogen-bond acceptors (Lipinski definition) is 2. The molecule has 1 atom stereocenters. The van der Waals surface area contributed by atoms with E-state index in [1.165, 1.54) is 0 Å². The Morgan fingerprint density at radius 1 is 1.11 bits per heavy atom. The molecule has 0 aliphatic rings. The Hall–Kier alpha value is 0.350. The van der Waals surface area contributed by atoms with Crippen molar-refractivity contribution in [3.63, 3.8) is 0 Å². The third kappa shape index (κ3) is 3.14. The molecule has 0 bridgehead atoms. The molecule has 0 N–H and O–H groups in total. The maximum atomic E-state index is 10.5. The van der Waals surface area contributed by atoms with Gasteiger partial charge in [-0.15, -0.1) is 8.96 Å². The van der Waals surface area contributed by atoms with E-state index in [0.29, 0.717) is 12.1 Å². The Labute approximate surface area is 59.2 Å². The highest BCUT2D eigenvalue weighted by Crippen LogP contribution is 2.16. The highest BCUT2D eigenvalue weighted by atomic mass is 31.1. The first-order valence-corrected chi connectivity index (χ1v) is 4.11. The van der Waals surface area contributed by atoms with Crippen molar-refractivity contribution in [2.45, 2.75) is 39.8 Å². The van der Waals surface area contributed by atoms with E-state index in [1.54, 1.807) is 0 Å². The Morgan fingerprint density at radius 2 is 1.44 bits per heavy atom. The Kier molecular flexibility index (Phi) is 4.37. The third-order valence-corrected chi connectivity index (χ3v) is 2.46. The topological polar surface area (TPSA) is 26.3 Å². The molecular weight excluding hydrogens is 133 g/mol. The summed E-state index contributed by atoms with van der Waals surface area (Å²) in [6, 6.07) is 0.779. The molecule has 0 saturated heterocycles. The lowest BCUT2D eigenvalue weighted by Crippen LogP contribution is -2.31. The number of rotatable bonds is 3. The van der Waals surface area contributed by atoms with Crippen LogP contribution >= 0.6 is 8.96 Å². The zero-order valence-corrected chi connectivity index (χ0v) is 7.51. The standard InChI is InChI=1S/C6H15NOP/c1-5(2)7(9-8)6(3)4/h5-6,9H,1-4H3/q-1. The smallest absolute Gasteiger partial charge is 0.00649 e. The molecule has 1 unspecified atom stereocenters. The minimum atomic E-state index is -0.307. The van der Waals surface area contributed by atoms with Crippen molar-refractivity contribution >= 4 is 8.96 Å². The third-order valence-electron chi connectivity index (χ3n) is 1.22. The molecule has 9 heavy (non-hydrogen) atoms. The van der Waals surface area contributed by atoms with Gasteiger partial charge in [-0.3, -0.25) is 4.67 Å². The lowest BCUT2D eigenvalue weighted by Gasteiger charge is -2.33. The molecule has 0 heterocycles. The zero-order valence-electron chi connectivity index (χ0n) is 6.51. The molecule has 0 spiro atoms. The second-order valence-electron chi connectivity index (χ2n) is 2.69. The maximum absolute atomic E-state index is 10.5. The predicted octanol–water partition coefficient (Wildman–Crippen LogP) is 0.974. The lowest BCUT2D eigenvalue weighted by molar-refractivity contribution is -0.162. The van der Waals surface area contributed by atoms with E-state index in [4.69, 9.17) is 0 Å². The summed E-state index contributed by atoms with van der Waals surface area (Å²) in [6.07, 6.45) is 0. The molecule has 0 amide bonds. The van der Waals surface area contributed by atoms with Crippen LogP contribution in [0.25, 0.3) is 0 Å². The summed E-state index contributed by atoms with van der Waals surface area (Å²) in [5.74, 6) is 0. The minimum absolute atomic E-state index is 0.307. The summed E-state index contributed by atoms with van der Waals surface area (Å²) in [5.41, 5.74) is 0. The quantitative estimate of drug-likeness (QED) is 0.557. The van der Waals surface area contributed by atoms with E-state index in [2.05, 4.69) is 0 Å². The molecule has 56 valence electrons. The summed E-state index contributed by atoms with van der Waals surface area (Å²) in [5, 5.41) is 0. The zero-order chi connectivity index (χ0) is 7.44. The molecule has 0 aromatic rings. The van der Waals surface area contributed by atoms with Crippen molar-refractivity contribution in [3.05, 3.63) is 0 Å². The first kappa shape index (κ1) is 9.35. The molecule has 0 radical (unpaired) electrons. The lowest BCUT2D eigenvalue weighted by atomic mass is 10.3. The van der Waals surface area contributed by atoms with E-state index >= 15 is 0 Å². The van der Waals surface area contributed by atoms with Gasteiger partial charge in [0.05, 0.1) is 0 Å². The van der Waals surface area contributed by atoms with Gasteiger partial charge in [-0.25, -0.2) is 0 Å². The van der Waals surface area contributed by atoms with Crippen LogP contribution < -0.4 is 4.89 Å². The van der Waals surface area contributed by atoms with Gasteiger partial charge in [0.25, 0.3) is 0 Å². The Balaban J connectivity index is 3.68. The molecule has 0 fully saturated rings. The first-order valence-electron chi connectivity index (χ1n) is 3.25. The van der Waals surface area contributed by atoms with E-state index in [0.717, 1.165) is 0 Å². The average Bonchev–Trinajstić information content (AvgIpc) is 1.64. The monoisotopic (exact) mass is 148 g/mol. The second kappa shape index (κ2) is 4.21. The van der Waals surface area contributed by atoms with Gasteiger partial charge in [0.1, 0.15) is 0 Å². The molecule has 0 aliphatic carbocycles. The van der Waals surface area contributed by atoms with Gasteiger partial charge in [0, 0.05) is 12.1 Å². The van der Waals surface area contributed by atoms with Crippen molar-refractivity contribution < 1.29 is 4.89 Å². The Bertz CT molecular complexity index is 67.5. The molecule has 0 saturated carbocycles. The van der Waals surface area contributed by atoms with E-state index in [9.17, 15) is 4.89 Å². The fourth-order valence-corrected chi connectivity index (χ4v) is 1.23. The molecular formula is C6H15NOP-. The summed E-state index contributed by atoms with van der Waals surface area (Å²) < 4.78 is 1.93. The van der Waals surface area contributed by atoms with Gasteiger partial charge in [-0.1, -0.05) is 0 Å². The summed E-state index contributed by atoms with van der Waals surface area (Å²) in [6.45, 7) is 8.19. The number of hydrogen-bond donors (Lipinski definition) is 0. The van der Waals surface area contributed by atoms with Gasteiger partial charge in [-0.2, -0.15) is 0 Å². The van der Waals surface area contributed by atoms with Crippen molar-refractivity contribution in [2.24, 2.45) is 0 Å². The molecule has 0 aromatic carbocycles. The number of nitrogens with zero attached hydrogens (tertiary/aromatic N) is 1. The van der Waals surface area contributed by atoms with E-state index in [-0.39, 0.29) is 8.96 Å². The van der Waals surface area contributed by atoms with Gasteiger partial charge in [-0.05, 0) is 27.7 Å². The Morgan fingerprint density at radius 3 is 1.44 bits per heavy atom. The highest BCUT2D eigenvalue weighted by molar-refractivity contribution is 7.26. The van der Waals surface area contributed by atoms with Crippen molar-refractivity contribution in [1.29, 1.82) is 0 Å². The van der Waals surface area contributed by atoms with Gasteiger partial charge >= 0.3 is 0 Å². The second-order valence-corrected chi connectivity index (χ2v) is 3.39. The summed E-state index contributed by atoms with van der Waals surface area (Å²) in [7, 11) is -0.307. The summed E-state index contributed by atoms with van der Waals surface area (Å²) in [4.78, 5) is 10.5. The molecule has 3 heteroatoms. The fourth-order valence-electron chi connectivity index (χ4n) is 0.807. The van der Waals surface area contributed by atoms with Gasteiger partial charge < -0.3 is 4.89 Å². The minimum Gasteiger partial charge on any atom is -0.820 e. The van der Waals surface area contributed by atoms with Crippen LogP contribution in [0.2, 0.25) is 0 Å². The van der Waals surface area contributed by atoms with Crippen LogP contribution in [0.3, 0.4) is 0 Å². The maximum Gasteiger partial charge on any atom is 0.00649 e. The molecule has 0 aliphatic heterocycles. The van der Waals surface area contributed by atoms with Gasteiger partial charge in [0.15, 0.2) is 0 Å². The van der Waals surface area contributed by atoms with Crippen LogP contribution in [0.4, 0.5) is 0 Å². The largest absolute Gasteiger partial charge is 0.820 e. The molecule has 0 rings (SSSR count). The van der Waals surface area contributed by atoms with Crippen LogP contribution in [0.1, 0.15) is 27.7 Å². The molecule has 0 aromatic heterocycles. The van der Waals surface area contributed by atoms with Crippen LogP contribution in [0, 0.1) is 0 Å². The molecule has 2 nitrogen and oxygen atoms in total. The van der Waals surface area contributed by atoms with E-state index in [1.807, 2.05) is 32.4 Å². The van der Waals surface area contributed by atoms with Crippen molar-refractivity contribution in [1.82, 2.24) is 4.67 Å². The van der Waals surface area contributed by atoms with Crippen molar-refractivity contribution in [3.8, 4) is 0 Å². The van der Waals surface area contributed by atoms with E-state index < -0.39 is 0 Å². The van der Waals surface area contributed by atoms with Crippen LogP contribution in [0.5, 0.6) is 0 Å². The normalized spacial score (nSPS) is 13.3. The first-order chi connectivity index (χ1) is 4.09. The fraction of sp³-hybridized carbons (Fsp3) is 1.00. The predicted molar refractivity (Wildman–Crippen MR) is 40.4 cm³/mol. The van der Waals surface area contributed by atoms with Crippen LogP contribution in [-0.2, 0) is 0 Å². The average molecular weight is 148 g/mol. The van der Waals surface area contributed by atoms with Crippen molar-refractivity contribution in [2.75, 3.05) is 0 Å². The summed E-state index contributed by atoms with van der Waals surface area (Å²) >= 11 is 0.